The number of anilines is 1. The van der Waals surface area contributed by atoms with Crippen LogP contribution in [0.2, 0.25) is 0 Å². The number of rotatable bonds is 3. The summed E-state index contributed by atoms with van der Waals surface area (Å²) in [5.41, 5.74) is 4.11. The number of thioether (sulfide) groups is 1. The summed E-state index contributed by atoms with van der Waals surface area (Å²) in [5.74, 6) is 3.61. The first-order valence-corrected chi connectivity index (χ1v) is 8.16. The number of imidazole rings is 1. The summed E-state index contributed by atoms with van der Waals surface area (Å²) in [4.78, 5) is 14.0. The Hall–Kier alpha value is -2.08. The van der Waals surface area contributed by atoms with Crippen LogP contribution in [0.5, 0.6) is 0 Å². The first-order chi connectivity index (χ1) is 10.3. The van der Waals surface area contributed by atoms with Gasteiger partial charge in [0.05, 0.1) is 5.69 Å². The lowest BCUT2D eigenvalue weighted by Crippen LogP contribution is -2.06. The molecule has 0 atom stereocenters. The fourth-order valence-electron chi connectivity index (χ4n) is 2.52. The zero-order valence-corrected chi connectivity index (χ0v) is 12.5. The summed E-state index contributed by atoms with van der Waals surface area (Å²) in [7, 11) is 0. The zero-order valence-electron chi connectivity index (χ0n) is 11.7. The maximum atomic E-state index is 4.71. The van der Waals surface area contributed by atoms with Crippen LogP contribution in [0.25, 0.3) is 17.2 Å². The quantitative estimate of drug-likeness (QED) is 0.805. The molecule has 0 amide bonds. The van der Waals surface area contributed by atoms with Gasteiger partial charge in [0.25, 0.3) is 0 Å². The molecule has 3 aromatic heterocycles. The van der Waals surface area contributed by atoms with E-state index in [9.17, 15) is 0 Å². The molecule has 1 aliphatic heterocycles. The predicted molar refractivity (Wildman–Crippen MR) is 85.4 cm³/mol. The summed E-state index contributed by atoms with van der Waals surface area (Å²) in [6.07, 6.45) is 3.97. The molecular formula is C15H15N5S. The van der Waals surface area contributed by atoms with Gasteiger partial charge in [-0.3, -0.25) is 0 Å². The summed E-state index contributed by atoms with van der Waals surface area (Å²) in [5, 5.41) is 3.35. The molecule has 1 aliphatic rings. The number of nitrogens with zero attached hydrogens (tertiary/aromatic N) is 4. The second-order valence-corrected chi connectivity index (χ2v) is 5.92. The minimum atomic E-state index is 0.705. The van der Waals surface area contributed by atoms with Gasteiger partial charge in [-0.25, -0.2) is 15.0 Å². The summed E-state index contributed by atoms with van der Waals surface area (Å²) in [6.45, 7) is 2.94. The van der Waals surface area contributed by atoms with Crippen LogP contribution in [0.4, 0.5) is 5.82 Å². The van der Waals surface area contributed by atoms with E-state index in [2.05, 4.69) is 22.2 Å². The highest BCUT2D eigenvalue weighted by Gasteiger charge is 2.20. The van der Waals surface area contributed by atoms with Crippen LogP contribution >= 0.6 is 11.8 Å². The van der Waals surface area contributed by atoms with Gasteiger partial charge >= 0.3 is 0 Å². The third-order valence-corrected chi connectivity index (χ3v) is 4.49. The monoisotopic (exact) mass is 297 g/mol. The Balaban J connectivity index is 1.86. The second kappa shape index (κ2) is 5.04. The highest BCUT2D eigenvalue weighted by Crippen LogP contribution is 2.34. The van der Waals surface area contributed by atoms with Gasteiger partial charge in [-0.1, -0.05) is 6.07 Å². The Morgan fingerprint density at radius 2 is 2.19 bits per heavy atom. The molecule has 21 heavy (non-hydrogen) atoms. The van der Waals surface area contributed by atoms with Gasteiger partial charge in [0.15, 0.2) is 5.82 Å². The Morgan fingerprint density at radius 3 is 3.05 bits per heavy atom. The van der Waals surface area contributed by atoms with E-state index in [1.807, 2.05) is 46.8 Å². The van der Waals surface area contributed by atoms with Crippen LogP contribution in [-0.2, 0) is 11.5 Å². The molecule has 0 bridgehead atoms. The number of aromatic nitrogens is 4. The summed E-state index contributed by atoms with van der Waals surface area (Å²) in [6, 6.07) is 5.96. The van der Waals surface area contributed by atoms with Crippen molar-refractivity contribution in [3.63, 3.8) is 0 Å². The average Bonchev–Trinajstić information content (AvgIpc) is 3.13. The van der Waals surface area contributed by atoms with Gasteiger partial charge in [0.1, 0.15) is 17.2 Å². The fraction of sp³-hybridized carbons (Fsp3) is 0.267. The molecule has 4 heterocycles. The molecule has 0 fully saturated rings. The first-order valence-electron chi connectivity index (χ1n) is 7.00. The maximum Gasteiger partial charge on any atom is 0.182 e. The maximum absolute atomic E-state index is 4.71. The van der Waals surface area contributed by atoms with Crippen molar-refractivity contribution < 1.29 is 0 Å². The molecule has 0 radical (unpaired) electrons. The van der Waals surface area contributed by atoms with Crippen LogP contribution < -0.4 is 5.32 Å². The van der Waals surface area contributed by atoms with Crippen LogP contribution in [0.3, 0.4) is 0 Å². The Labute approximate surface area is 126 Å². The lowest BCUT2D eigenvalue weighted by molar-refractivity contribution is 1.04. The van der Waals surface area contributed by atoms with Gasteiger partial charge in [-0.05, 0) is 19.1 Å². The molecule has 0 saturated heterocycles. The molecule has 106 valence electrons. The normalized spacial score (nSPS) is 13.6. The van der Waals surface area contributed by atoms with Gasteiger partial charge in [0, 0.05) is 36.0 Å². The number of pyridine rings is 1. The van der Waals surface area contributed by atoms with Crippen molar-refractivity contribution in [1.82, 2.24) is 19.4 Å². The van der Waals surface area contributed by atoms with E-state index >= 15 is 0 Å². The summed E-state index contributed by atoms with van der Waals surface area (Å²) >= 11 is 1.88. The van der Waals surface area contributed by atoms with Gasteiger partial charge in [-0.2, -0.15) is 11.8 Å². The van der Waals surface area contributed by atoms with E-state index in [1.54, 1.807) is 0 Å². The van der Waals surface area contributed by atoms with Crippen molar-refractivity contribution >= 4 is 23.2 Å². The van der Waals surface area contributed by atoms with Crippen molar-refractivity contribution in [2.75, 3.05) is 11.9 Å². The molecular weight excluding hydrogens is 282 g/mol. The second-order valence-electron chi connectivity index (χ2n) is 4.94. The van der Waals surface area contributed by atoms with Crippen molar-refractivity contribution in [3.8, 4) is 11.5 Å². The topological polar surface area (TPSA) is 55.1 Å². The number of nitrogens with one attached hydrogen (secondary N) is 1. The minimum absolute atomic E-state index is 0.705. The van der Waals surface area contributed by atoms with E-state index in [-0.39, 0.29) is 0 Å². The largest absolute Gasteiger partial charge is 0.370 e. The van der Waals surface area contributed by atoms with Crippen molar-refractivity contribution in [1.29, 1.82) is 0 Å². The number of hydrogen-bond acceptors (Lipinski definition) is 5. The molecule has 0 saturated carbocycles. The highest BCUT2D eigenvalue weighted by molar-refractivity contribution is 7.98. The Morgan fingerprint density at radius 1 is 1.24 bits per heavy atom. The van der Waals surface area contributed by atoms with Crippen LogP contribution in [0.1, 0.15) is 18.2 Å². The van der Waals surface area contributed by atoms with E-state index in [0.717, 1.165) is 40.9 Å². The molecule has 0 spiro atoms. The lowest BCUT2D eigenvalue weighted by Gasteiger charge is -2.09. The van der Waals surface area contributed by atoms with E-state index < -0.39 is 0 Å². The first kappa shape index (κ1) is 12.6. The Bertz CT molecular complexity index is 778. The highest BCUT2D eigenvalue weighted by atomic mass is 32.2. The third kappa shape index (κ3) is 2.15. The van der Waals surface area contributed by atoms with Gasteiger partial charge < -0.3 is 9.72 Å². The van der Waals surface area contributed by atoms with Crippen molar-refractivity contribution in [2.45, 2.75) is 18.4 Å². The minimum Gasteiger partial charge on any atom is -0.370 e. The molecule has 0 aliphatic carbocycles. The zero-order chi connectivity index (χ0) is 14.2. The molecule has 4 rings (SSSR count). The molecule has 0 aromatic carbocycles. The van der Waals surface area contributed by atoms with Crippen molar-refractivity contribution in [2.24, 2.45) is 0 Å². The van der Waals surface area contributed by atoms with Crippen LogP contribution in [-0.4, -0.2) is 25.9 Å². The van der Waals surface area contributed by atoms with Crippen LogP contribution in [0.15, 0.2) is 30.6 Å². The van der Waals surface area contributed by atoms with E-state index in [4.69, 9.17) is 4.98 Å². The van der Waals surface area contributed by atoms with Gasteiger partial charge in [0.2, 0.25) is 0 Å². The fourth-order valence-corrected chi connectivity index (χ4v) is 3.56. The molecule has 3 aromatic rings. The van der Waals surface area contributed by atoms with E-state index in [0.29, 0.717) is 5.82 Å². The standard InChI is InChI=1S/C15H15N5S/c1-2-16-14-10-8-21-9-12(10)18-15(19-14)11-7-20-6-4-3-5-13(20)17-11/h3-7H,2,8-9H2,1H3,(H,16,18,19). The Kier molecular flexibility index (Phi) is 3.03. The smallest absolute Gasteiger partial charge is 0.182 e. The predicted octanol–water partition coefficient (Wildman–Crippen LogP) is 2.97. The molecule has 1 N–H and O–H groups in total. The van der Waals surface area contributed by atoms with Crippen LogP contribution in [0, 0.1) is 0 Å². The SMILES string of the molecule is CCNc1nc(-c2cn3ccccc3n2)nc2c1CSC2. The number of hydrogen-bond donors (Lipinski definition) is 1. The lowest BCUT2D eigenvalue weighted by atomic mass is 10.2. The molecule has 6 heteroatoms. The third-order valence-electron chi connectivity index (χ3n) is 3.52. The molecule has 0 unspecified atom stereocenters. The van der Waals surface area contributed by atoms with E-state index in [1.165, 1.54) is 5.56 Å². The summed E-state index contributed by atoms with van der Waals surface area (Å²) < 4.78 is 1.99. The number of fused-ring (bicyclic) bond motifs is 2. The average molecular weight is 297 g/mol. The van der Waals surface area contributed by atoms with Crippen molar-refractivity contribution in [3.05, 3.63) is 41.9 Å². The van der Waals surface area contributed by atoms with Gasteiger partial charge in [-0.15, -0.1) is 0 Å². The molecule has 5 nitrogen and oxygen atoms in total.